The molecule has 3 nitrogen and oxygen atoms in total. The molecule has 0 saturated carbocycles. The van der Waals surface area contributed by atoms with Crippen LogP contribution in [-0.4, -0.2) is 7.11 Å². The minimum absolute atomic E-state index is 0.132. The predicted octanol–water partition coefficient (Wildman–Crippen LogP) is 6.92. The molecule has 0 N–H and O–H groups in total. The minimum Gasteiger partial charge on any atom is -0.497 e. The summed E-state index contributed by atoms with van der Waals surface area (Å²) in [7, 11) is 1.66. The summed E-state index contributed by atoms with van der Waals surface area (Å²) >= 11 is 12.4. The van der Waals surface area contributed by atoms with E-state index < -0.39 is 6.29 Å². The lowest BCUT2D eigenvalue weighted by Gasteiger charge is -2.36. The summed E-state index contributed by atoms with van der Waals surface area (Å²) in [6, 6.07) is 23.3. The molecule has 3 aromatic carbocycles. The standard InChI is InChI=1S/C23H20Cl2O3/c1-26-20-10-8-15(9-11-20)21-14-22(16-4-2-6-18(24)12-16)28-23(27-21)17-5-3-7-19(25)13-17/h2-13,21-23H,14H2,1H3/t21-,22+,23+/m1/s1. The van der Waals surface area contributed by atoms with E-state index >= 15 is 0 Å². The molecule has 0 aliphatic carbocycles. The van der Waals surface area contributed by atoms with Crippen LogP contribution in [0.4, 0.5) is 0 Å². The third kappa shape index (κ3) is 4.34. The monoisotopic (exact) mass is 414 g/mol. The summed E-state index contributed by atoms with van der Waals surface area (Å²) in [6.07, 6.45) is -0.122. The van der Waals surface area contributed by atoms with E-state index in [1.54, 1.807) is 7.11 Å². The molecule has 0 unspecified atom stereocenters. The largest absolute Gasteiger partial charge is 0.497 e. The summed E-state index contributed by atoms with van der Waals surface area (Å²) in [4.78, 5) is 0. The van der Waals surface area contributed by atoms with E-state index in [1.165, 1.54) is 0 Å². The average Bonchev–Trinajstić information content (AvgIpc) is 2.73. The van der Waals surface area contributed by atoms with Gasteiger partial charge in [0.25, 0.3) is 0 Å². The molecule has 0 bridgehead atoms. The van der Waals surface area contributed by atoms with Crippen molar-refractivity contribution < 1.29 is 14.2 Å². The molecule has 0 spiro atoms. The van der Waals surface area contributed by atoms with E-state index in [-0.39, 0.29) is 12.2 Å². The molecule has 1 heterocycles. The molecule has 4 rings (SSSR count). The highest BCUT2D eigenvalue weighted by Crippen LogP contribution is 2.44. The van der Waals surface area contributed by atoms with Crippen molar-refractivity contribution in [3.63, 3.8) is 0 Å². The van der Waals surface area contributed by atoms with Gasteiger partial charge in [0.05, 0.1) is 19.3 Å². The van der Waals surface area contributed by atoms with E-state index in [9.17, 15) is 0 Å². The van der Waals surface area contributed by atoms with E-state index in [1.807, 2.05) is 72.8 Å². The first kappa shape index (κ1) is 19.3. The molecule has 3 atom stereocenters. The highest BCUT2D eigenvalue weighted by Gasteiger charge is 2.33. The Morgan fingerprint density at radius 3 is 1.93 bits per heavy atom. The second-order valence-corrected chi connectivity index (χ2v) is 7.57. The third-order valence-corrected chi connectivity index (χ3v) is 5.30. The van der Waals surface area contributed by atoms with Crippen LogP contribution in [0, 0.1) is 0 Å². The van der Waals surface area contributed by atoms with E-state index in [2.05, 4.69) is 0 Å². The maximum atomic E-state index is 6.31. The van der Waals surface area contributed by atoms with Crippen LogP contribution >= 0.6 is 23.2 Å². The van der Waals surface area contributed by atoms with Crippen LogP contribution in [0.25, 0.3) is 0 Å². The van der Waals surface area contributed by atoms with Crippen LogP contribution in [0.5, 0.6) is 5.75 Å². The fourth-order valence-corrected chi connectivity index (χ4v) is 3.80. The highest BCUT2D eigenvalue weighted by atomic mass is 35.5. The number of rotatable bonds is 4. The van der Waals surface area contributed by atoms with Gasteiger partial charge in [-0.1, -0.05) is 59.6 Å². The summed E-state index contributed by atoms with van der Waals surface area (Å²) in [5.41, 5.74) is 2.99. The van der Waals surface area contributed by atoms with Gasteiger partial charge in [-0.3, -0.25) is 0 Å². The molecule has 1 aliphatic rings. The minimum atomic E-state index is -0.525. The van der Waals surface area contributed by atoms with Crippen molar-refractivity contribution >= 4 is 23.2 Å². The first-order chi connectivity index (χ1) is 13.6. The Morgan fingerprint density at radius 2 is 1.32 bits per heavy atom. The van der Waals surface area contributed by atoms with Crippen molar-refractivity contribution in [2.45, 2.75) is 24.9 Å². The van der Waals surface area contributed by atoms with Crippen molar-refractivity contribution in [2.24, 2.45) is 0 Å². The lowest BCUT2D eigenvalue weighted by atomic mass is 9.97. The van der Waals surface area contributed by atoms with Crippen molar-refractivity contribution in [2.75, 3.05) is 7.11 Å². The van der Waals surface area contributed by atoms with Gasteiger partial charge in [-0.15, -0.1) is 0 Å². The number of benzene rings is 3. The van der Waals surface area contributed by atoms with E-state index in [4.69, 9.17) is 37.4 Å². The molecule has 1 aliphatic heterocycles. The lowest BCUT2D eigenvalue weighted by molar-refractivity contribution is -0.253. The lowest BCUT2D eigenvalue weighted by Crippen LogP contribution is -2.24. The quantitative estimate of drug-likeness (QED) is 0.463. The van der Waals surface area contributed by atoms with Gasteiger partial charge in [0.2, 0.25) is 0 Å². The zero-order valence-electron chi connectivity index (χ0n) is 15.3. The number of ether oxygens (including phenoxy) is 3. The molecule has 28 heavy (non-hydrogen) atoms. The Balaban J connectivity index is 1.67. The van der Waals surface area contributed by atoms with Crippen LogP contribution in [0.3, 0.4) is 0 Å². The van der Waals surface area contributed by atoms with Crippen molar-refractivity contribution in [1.82, 2.24) is 0 Å². The normalized spacial score (nSPS) is 22.0. The third-order valence-electron chi connectivity index (χ3n) is 4.83. The Bertz CT molecular complexity index is 889. The van der Waals surface area contributed by atoms with Crippen LogP contribution in [0.1, 0.15) is 41.6 Å². The van der Waals surface area contributed by atoms with Gasteiger partial charge in [0.1, 0.15) is 5.75 Å². The SMILES string of the molecule is COc1ccc([C@H]2C[C@@H](c3cccc(Cl)c3)O[C@@H](c3cccc(Cl)c3)O2)cc1. The van der Waals surface area contributed by atoms with Gasteiger partial charge in [0.15, 0.2) is 6.29 Å². The number of hydrogen-bond acceptors (Lipinski definition) is 3. The smallest absolute Gasteiger partial charge is 0.185 e. The second kappa shape index (κ2) is 8.54. The van der Waals surface area contributed by atoms with E-state index in [0.29, 0.717) is 16.5 Å². The van der Waals surface area contributed by atoms with Gasteiger partial charge in [-0.2, -0.15) is 0 Å². The Kier molecular flexibility index (Phi) is 5.88. The summed E-state index contributed by atoms with van der Waals surface area (Å²) in [5.74, 6) is 0.814. The molecular formula is C23H20Cl2O3. The first-order valence-corrected chi connectivity index (χ1v) is 9.84. The number of halogens is 2. The number of methoxy groups -OCH3 is 1. The molecule has 0 aromatic heterocycles. The second-order valence-electron chi connectivity index (χ2n) is 6.70. The van der Waals surface area contributed by atoms with E-state index in [0.717, 1.165) is 22.4 Å². The zero-order chi connectivity index (χ0) is 19.5. The topological polar surface area (TPSA) is 27.7 Å². The maximum Gasteiger partial charge on any atom is 0.185 e. The van der Waals surface area contributed by atoms with Gasteiger partial charge >= 0.3 is 0 Å². The summed E-state index contributed by atoms with van der Waals surface area (Å²) in [6.45, 7) is 0. The number of hydrogen-bond donors (Lipinski definition) is 0. The summed E-state index contributed by atoms with van der Waals surface area (Å²) < 4.78 is 17.9. The van der Waals surface area contributed by atoms with Gasteiger partial charge in [-0.25, -0.2) is 0 Å². The van der Waals surface area contributed by atoms with Crippen molar-refractivity contribution in [3.8, 4) is 5.75 Å². The first-order valence-electron chi connectivity index (χ1n) is 9.08. The molecule has 144 valence electrons. The van der Waals surface area contributed by atoms with Crippen LogP contribution in [-0.2, 0) is 9.47 Å². The van der Waals surface area contributed by atoms with Crippen molar-refractivity contribution in [1.29, 1.82) is 0 Å². The molecule has 1 saturated heterocycles. The Labute approximate surface area is 174 Å². The Hall–Kier alpha value is -2.04. The van der Waals surface area contributed by atoms with Crippen LogP contribution in [0.2, 0.25) is 10.0 Å². The molecule has 5 heteroatoms. The van der Waals surface area contributed by atoms with Crippen LogP contribution in [0.15, 0.2) is 72.8 Å². The molecule has 0 radical (unpaired) electrons. The molecule has 1 fully saturated rings. The molecular weight excluding hydrogens is 395 g/mol. The van der Waals surface area contributed by atoms with Gasteiger partial charge < -0.3 is 14.2 Å². The zero-order valence-corrected chi connectivity index (χ0v) is 16.9. The fourth-order valence-electron chi connectivity index (χ4n) is 3.40. The average molecular weight is 415 g/mol. The maximum absolute atomic E-state index is 6.31. The molecule has 3 aromatic rings. The summed E-state index contributed by atoms with van der Waals surface area (Å²) in [5, 5.41) is 1.34. The van der Waals surface area contributed by atoms with Crippen LogP contribution < -0.4 is 4.74 Å². The molecule has 0 amide bonds. The Morgan fingerprint density at radius 1 is 0.750 bits per heavy atom. The predicted molar refractivity (Wildman–Crippen MR) is 111 cm³/mol. The fraction of sp³-hybridized carbons (Fsp3) is 0.217. The van der Waals surface area contributed by atoms with Crippen molar-refractivity contribution in [3.05, 3.63) is 99.5 Å². The highest BCUT2D eigenvalue weighted by molar-refractivity contribution is 6.30. The van der Waals surface area contributed by atoms with Gasteiger partial charge in [0, 0.05) is 22.0 Å². The van der Waals surface area contributed by atoms with Gasteiger partial charge in [-0.05, 0) is 47.5 Å².